The lowest BCUT2D eigenvalue weighted by Gasteiger charge is -2.15. The van der Waals surface area contributed by atoms with E-state index < -0.39 is 0 Å². The van der Waals surface area contributed by atoms with Gasteiger partial charge in [0.2, 0.25) is 47.3 Å². The molecule has 32 nitrogen and oxygen atoms in total. The summed E-state index contributed by atoms with van der Waals surface area (Å²) in [6, 6.07) is 33.9. The molecule has 3 unspecified atom stereocenters. The second kappa shape index (κ2) is 65.5. The zero-order valence-corrected chi connectivity index (χ0v) is 80.9. The number of esters is 3. The van der Waals surface area contributed by atoms with Crippen LogP contribution in [0.3, 0.4) is 0 Å². The number of hydrogen-bond donors (Lipinski definition) is 8. The third kappa shape index (κ3) is 42.3. The van der Waals surface area contributed by atoms with Crippen LogP contribution >= 0.6 is 0 Å². The van der Waals surface area contributed by atoms with Crippen LogP contribution in [0, 0.1) is 0 Å². The molecule has 6 aromatic rings. The average Bonchev–Trinajstić information content (AvgIpc) is 1.59. The Morgan fingerprint density at radius 3 is 0.948 bits per heavy atom. The first-order valence-corrected chi connectivity index (χ1v) is 47.3. The molecule has 0 radical (unpaired) electrons. The number of Topliss-reactive ketones (excluding diaryl/α,β-unsaturated/α-hetero) is 1. The van der Waals surface area contributed by atoms with Crippen molar-refractivity contribution in [2.75, 3.05) is 186 Å². The van der Waals surface area contributed by atoms with Gasteiger partial charge in [0.1, 0.15) is 33.0 Å². The number of rotatable bonds is 61. The summed E-state index contributed by atoms with van der Waals surface area (Å²) in [5.41, 5.74) is 15.0. The zero-order chi connectivity index (χ0) is 97.9. The maximum absolute atomic E-state index is 13.3. The van der Waals surface area contributed by atoms with Gasteiger partial charge in [-0.3, -0.25) is 57.5 Å². The molecule has 3 aliphatic carbocycles. The van der Waals surface area contributed by atoms with Crippen molar-refractivity contribution >= 4 is 99.4 Å². The summed E-state index contributed by atoms with van der Waals surface area (Å²) >= 11 is 0. The van der Waals surface area contributed by atoms with E-state index in [-0.39, 0.29) is 147 Å². The zero-order valence-electron chi connectivity index (χ0n) is 80.9. The fourth-order valence-electron chi connectivity index (χ4n) is 15.0. The minimum absolute atomic E-state index is 0.00661. The van der Waals surface area contributed by atoms with Crippen molar-refractivity contribution < 1.29 is 114 Å². The van der Waals surface area contributed by atoms with E-state index in [9.17, 15) is 57.5 Å². The number of hydrogen-bond acceptors (Lipinski definition) is 24. The van der Waals surface area contributed by atoms with Gasteiger partial charge in [0, 0.05) is 225 Å². The van der Waals surface area contributed by atoms with Gasteiger partial charge in [0.25, 0.3) is 0 Å². The van der Waals surface area contributed by atoms with Gasteiger partial charge in [-0.15, -0.1) is 0 Å². The normalized spacial score (nSPS) is 13.0. The molecule has 6 aromatic carbocycles. The molecule has 135 heavy (non-hydrogen) atoms. The highest BCUT2D eigenvalue weighted by atomic mass is 16.5. The smallest absolute Gasteiger partial charge is 0.302 e. The van der Waals surface area contributed by atoms with E-state index in [1.54, 1.807) is 21.3 Å². The van der Waals surface area contributed by atoms with Crippen LogP contribution in [0.15, 0.2) is 109 Å². The van der Waals surface area contributed by atoms with Gasteiger partial charge < -0.3 is 99.4 Å². The standard InChI is InChI=1S/C35H48N2O8.C29H37N3O7.C28H36N2O7.C11H23NO2/c1-4-5-19-44-22-17-36-33(40)13-7-14-34(41)37-26-15-16-28-30(23-26)31(24-45-25(2)38)27-10-6-11-29(35(27)28)32(39)12-8-20-43-21-9-18-42-3;1-19(33)31-21-8-10-23-24-11-9-22(17-26(24)27(25(23)16-21)18-39-20(2)34)32-29(36)7-4-6-28(35)30-12-15-38-14-5-13-37-3;1-4-5-12-35-17-27(32)29-20-7-9-22-23-10-8-21(30-28(33)18-36-13-6-11-34-3)15-25(23)26(24(22)14-20)16-37-19(2)31;1-3-5-7-11(13)12-8-10-14-9-6-4-2/h6,10-11,15-16,23,31H,4-5,7-9,12-14,17-22,24H2,1-3H3,(H,36,40)(H,37,41);8-11,16-17,27H,4-7,12-15,18H2,1-3H3,(H,30,35)(H,31,33)(H,32,36);7-10,14-15,26H,4-6,11-13,16-18H2,1-3H3,(H,29,32)(H,30,33);3-10H2,1-2H3,(H,12,13). The van der Waals surface area contributed by atoms with Crippen LogP contribution < -0.4 is 42.5 Å². The Bertz CT molecular complexity index is 4730. The molecule has 8 N–H and O–H groups in total. The number of amides is 8. The topological polar surface area (TPSA) is 412 Å². The van der Waals surface area contributed by atoms with E-state index in [1.165, 1.54) is 27.7 Å². The third-order valence-corrected chi connectivity index (χ3v) is 21.6. The summed E-state index contributed by atoms with van der Waals surface area (Å²) in [6.07, 6.45) is 14.0. The Morgan fingerprint density at radius 2 is 0.585 bits per heavy atom. The Balaban J connectivity index is 0.000000291. The molecule has 0 heterocycles. The average molecular weight is 1880 g/mol. The number of nitrogens with one attached hydrogen (secondary N) is 8. The van der Waals surface area contributed by atoms with Gasteiger partial charge in [0.05, 0.1) is 19.8 Å². The van der Waals surface area contributed by atoms with Gasteiger partial charge in [-0.1, -0.05) is 102 Å². The number of ether oxygens (including phenoxy) is 12. The van der Waals surface area contributed by atoms with E-state index >= 15 is 0 Å². The molecule has 0 fully saturated rings. The Hall–Kier alpha value is -11.2. The maximum Gasteiger partial charge on any atom is 0.302 e. The van der Waals surface area contributed by atoms with Gasteiger partial charge in [-0.2, -0.15) is 0 Å². The Kier molecular flexibility index (Phi) is 54.6. The van der Waals surface area contributed by atoms with Gasteiger partial charge in [0.15, 0.2) is 5.78 Å². The van der Waals surface area contributed by atoms with Crippen molar-refractivity contribution in [3.05, 3.63) is 148 Å². The highest BCUT2D eigenvalue weighted by molar-refractivity contribution is 6.05. The SMILES string of the molecule is CCCCOCC(=O)Nc1ccc2c(c1)C(COC(C)=O)c1cc(NC(=O)COCCCOC)ccc1-2.CCCCOCCNC(=O)CCCC.CCCCOCCNC(=O)CCCC(=O)Nc1ccc2c(c1)C(COC(C)=O)c1cccc(C(=O)CCCOCCCOC)c1-2.COCCCOCCNC(=O)CCCC(=O)Nc1ccc2c(c1)C(COC(C)=O)c1cc(NC(C)=O)ccc1-2. The van der Waals surface area contributed by atoms with Crippen molar-refractivity contribution in [1.82, 2.24) is 16.0 Å². The van der Waals surface area contributed by atoms with E-state index in [1.807, 2.05) is 109 Å². The Morgan fingerprint density at radius 1 is 0.281 bits per heavy atom. The number of anilines is 5. The van der Waals surface area contributed by atoms with Crippen LogP contribution in [0.4, 0.5) is 28.4 Å². The van der Waals surface area contributed by atoms with Crippen molar-refractivity contribution in [1.29, 1.82) is 0 Å². The predicted molar refractivity (Wildman–Crippen MR) is 519 cm³/mol. The lowest BCUT2D eigenvalue weighted by molar-refractivity contribution is -0.142. The van der Waals surface area contributed by atoms with E-state index in [0.717, 1.165) is 138 Å². The maximum atomic E-state index is 13.3. The second-order valence-electron chi connectivity index (χ2n) is 32.8. The molecule has 8 amide bonds. The van der Waals surface area contributed by atoms with Crippen molar-refractivity contribution in [3.8, 4) is 33.4 Å². The molecular weight excluding hydrogens is 1730 g/mol. The van der Waals surface area contributed by atoms with E-state index in [2.05, 4.69) is 70.2 Å². The van der Waals surface area contributed by atoms with Crippen LogP contribution in [0.5, 0.6) is 0 Å². The first-order chi connectivity index (χ1) is 65.4. The number of fused-ring (bicyclic) bond motifs is 9. The minimum atomic E-state index is -0.389. The van der Waals surface area contributed by atoms with E-state index in [4.69, 9.17) is 56.8 Å². The third-order valence-electron chi connectivity index (χ3n) is 21.6. The van der Waals surface area contributed by atoms with Crippen LogP contribution in [-0.4, -0.2) is 231 Å². The fourth-order valence-corrected chi connectivity index (χ4v) is 15.0. The number of unbranched alkanes of at least 4 members (excludes halogenated alkanes) is 4. The summed E-state index contributed by atoms with van der Waals surface area (Å²) in [5.74, 6) is -3.00. The molecule has 0 aliphatic heterocycles. The monoisotopic (exact) mass is 1880 g/mol. The van der Waals surface area contributed by atoms with Crippen LogP contribution in [-0.2, 0) is 110 Å². The molecule has 0 saturated carbocycles. The fraction of sp³-hybridized carbons (Fsp3) is 0.534. The number of carbonyl (C=O) groups excluding carboxylic acids is 12. The summed E-state index contributed by atoms with van der Waals surface area (Å²) in [5, 5.41) is 22.8. The number of ketones is 1. The highest BCUT2D eigenvalue weighted by Gasteiger charge is 2.35. The number of methoxy groups -OCH3 is 3. The summed E-state index contributed by atoms with van der Waals surface area (Å²) in [7, 11) is 4.91. The first-order valence-electron chi connectivity index (χ1n) is 47.3. The van der Waals surface area contributed by atoms with Gasteiger partial charge >= 0.3 is 17.9 Å². The quantitative estimate of drug-likeness (QED) is 0.00761. The van der Waals surface area contributed by atoms with Gasteiger partial charge in [-0.25, -0.2) is 0 Å². The number of carbonyl (C=O) groups is 12. The van der Waals surface area contributed by atoms with Crippen LogP contribution in [0.2, 0.25) is 0 Å². The lowest BCUT2D eigenvalue weighted by atomic mass is 9.93. The molecule has 0 spiro atoms. The van der Waals surface area contributed by atoms with Crippen molar-refractivity contribution in [2.45, 2.75) is 202 Å². The first kappa shape index (κ1) is 113. The van der Waals surface area contributed by atoms with Gasteiger partial charge in [-0.05, 0) is 192 Å². The molecule has 3 atom stereocenters. The van der Waals surface area contributed by atoms with Crippen LogP contribution in [0.25, 0.3) is 33.4 Å². The molecule has 3 aliphatic rings. The summed E-state index contributed by atoms with van der Waals surface area (Å²) in [4.78, 5) is 145. The predicted octanol–water partition coefficient (Wildman–Crippen LogP) is 15.2. The summed E-state index contributed by atoms with van der Waals surface area (Å²) in [6.45, 7) is 23.4. The molecule has 0 aromatic heterocycles. The largest absolute Gasteiger partial charge is 0.465 e. The molecular formula is C103H144N8O24. The summed E-state index contributed by atoms with van der Waals surface area (Å²) < 4.78 is 63.7. The Labute approximate surface area is 795 Å². The van der Waals surface area contributed by atoms with E-state index in [0.29, 0.717) is 171 Å². The van der Waals surface area contributed by atoms with Crippen LogP contribution in [0.1, 0.15) is 245 Å². The highest BCUT2D eigenvalue weighted by Crippen LogP contribution is 2.50. The molecule has 32 heteroatoms. The second-order valence-corrected chi connectivity index (χ2v) is 32.8. The van der Waals surface area contributed by atoms with Crippen molar-refractivity contribution in [2.24, 2.45) is 0 Å². The number of benzene rings is 6. The molecule has 740 valence electrons. The molecule has 0 bridgehead atoms. The molecule has 0 saturated heterocycles. The molecule has 9 rings (SSSR count). The van der Waals surface area contributed by atoms with Crippen molar-refractivity contribution in [3.63, 3.8) is 0 Å². The lowest BCUT2D eigenvalue weighted by Crippen LogP contribution is -2.27. The minimum Gasteiger partial charge on any atom is -0.465 e.